The first-order chi connectivity index (χ1) is 14.6. The number of ether oxygens (including phenoxy) is 2. The second-order valence-electron chi connectivity index (χ2n) is 7.57. The van der Waals surface area contributed by atoms with Gasteiger partial charge in [-0.3, -0.25) is 4.79 Å². The largest absolute Gasteiger partial charge is 0.493 e. The number of tetrazole rings is 1. The van der Waals surface area contributed by atoms with Crippen LogP contribution in [0.3, 0.4) is 0 Å². The van der Waals surface area contributed by atoms with Crippen molar-refractivity contribution in [2.75, 3.05) is 27.3 Å². The van der Waals surface area contributed by atoms with E-state index in [2.05, 4.69) is 22.4 Å². The summed E-state index contributed by atoms with van der Waals surface area (Å²) in [5.74, 6) is 1.96. The molecule has 0 bridgehead atoms. The van der Waals surface area contributed by atoms with Gasteiger partial charge >= 0.3 is 0 Å². The van der Waals surface area contributed by atoms with Gasteiger partial charge in [0.2, 0.25) is 0 Å². The maximum atomic E-state index is 13.3. The fraction of sp³-hybridized carbons (Fsp3) is 0.364. The molecule has 2 heterocycles. The highest BCUT2D eigenvalue weighted by molar-refractivity contribution is 5.96. The molecule has 0 saturated carbocycles. The molecule has 0 N–H and O–H groups in total. The molecule has 1 aliphatic rings. The summed E-state index contributed by atoms with van der Waals surface area (Å²) >= 11 is 0. The maximum absolute atomic E-state index is 13.3. The third-order valence-corrected chi connectivity index (χ3v) is 5.57. The van der Waals surface area contributed by atoms with Crippen LogP contribution in [0.15, 0.2) is 42.7 Å². The number of carbonyl (C=O) groups excluding carboxylic acids is 1. The van der Waals surface area contributed by atoms with Crippen LogP contribution in [0.5, 0.6) is 11.5 Å². The third-order valence-electron chi connectivity index (χ3n) is 5.57. The first kappa shape index (κ1) is 19.9. The Kier molecular flexibility index (Phi) is 5.65. The quantitative estimate of drug-likeness (QED) is 0.646. The average Bonchev–Trinajstić information content (AvgIpc) is 3.33. The van der Waals surface area contributed by atoms with Crippen LogP contribution in [0.4, 0.5) is 0 Å². The molecule has 1 aromatic heterocycles. The molecule has 2 aromatic carbocycles. The van der Waals surface area contributed by atoms with Gasteiger partial charge in [-0.2, -0.15) is 0 Å². The molecule has 30 heavy (non-hydrogen) atoms. The van der Waals surface area contributed by atoms with Crippen LogP contribution < -0.4 is 9.47 Å². The predicted molar refractivity (Wildman–Crippen MR) is 112 cm³/mol. The van der Waals surface area contributed by atoms with Crippen LogP contribution in [-0.4, -0.2) is 58.3 Å². The zero-order valence-electron chi connectivity index (χ0n) is 17.4. The van der Waals surface area contributed by atoms with Gasteiger partial charge in [0.1, 0.15) is 6.33 Å². The van der Waals surface area contributed by atoms with E-state index >= 15 is 0 Å². The molecule has 0 spiro atoms. The second-order valence-corrected chi connectivity index (χ2v) is 7.57. The Balaban J connectivity index is 1.76. The Bertz CT molecular complexity index is 1030. The minimum atomic E-state index is 0.0264. The molecule has 3 aromatic rings. The number of benzene rings is 2. The number of aromatic nitrogens is 4. The van der Waals surface area contributed by atoms with Crippen molar-refractivity contribution >= 4 is 5.91 Å². The molecule has 1 amide bonds. The number of nitrogens with zero attached hydrogens (tertiary/aromatic N) is 5. The Labute approximate surface area is 175 Å². The highest BCUT2D eigenvalue weighted by Gasteiger charge is 2.22. The Hall–Kier alpha value is -3.42. The van der Waals surface area contributed by atoms with E-state index in [0.29, 0.717) is 23.0 Å². The van der Waals surface area contributed by atoms with Crippen molar-refractivity contribution < 1.29 is 14.3 Å². The van der Waals surface area contributed by atoms with Gasteiger partial charge in [-0.05, 0) is 70.6 Å². The minimum Gasteiger partial charge on any atom is -0.493 e. The molecule has 156 valence electrons. The van der Waals surface area contributed by atoms with Crippen molar-refractivity contribution in [1.29, 1.82) is 0 Å². The number of piperidine rings is 1. The van der Waals surface area contributed by atoms with Gasteiger partial charge in [-0.15, -0.1) is 5.10 Å². The van der Waals surface area contributed by atoms with E-state index in [-0.39, 0.29) is 5.91 Å². The summed E-state index contributed by atoms with van der Waals surface area (Å²) in [6.45, 7) is 3.79. The number of amides is 1. The smallest absolute Gasteiger partial charge is 0.253 e. The van der Waals surface area contributed by atoms with Crippen molar-refractivity contribution in [2.24, 2.45) is 5.92 Å². The predicted octanol–water partition coefficient (Wildman–Crippen LogP) is 3.22. The van der Waals surface area contributed by atoms with Crippen LogP contribution in [-0.2, 0) is 0 Å². The molecule has 0 aliphatic carbocycles. The molecule has 1 fully saturated rings. The molecule has 0 atom stereocenters. The summed E-state index contributed by atoms with van der Waals surface area (Å²) in [5.41, 5.74) is 3.12. The van der Waals surface area contributed by atoms with Gasteiger partial charge in [0.05, 0.1) is 19.9 Å². The summed E-state index contributed by atoms with van der Waals surface area (Å²) in [6, 6.07) is 11.4. The third kappa shape index (κ3) is 3.98. The highest BCUT2D eigenvalue weighted by atomic mass is 16.5. The molecule has 1 aliphatic heterocycles. The van der Waals surface area contributed by atoms with Crippen molar-refractivity contribution in [3.8, 4) is 28.3 Å². The van der Waals surface area contributed by atoms with Crippen LogP contribution in [0.25, 0.3) is 16.8 Å². The van der Waals surface area contributed by atoms with Crippen LogP contribution in [0.1, 0.15) is 30.1 Å². The molecule has 0 radical (unpaired) electrons. The topological polar surface area (TPSA) is 82.4 Å². The number of carbonyl (C=O) groups is 1. The Morgan fingerprint density at radius 1 is 1.00 bits per heavy atom. The summed E-state index contributed by atoms with van der Waals surface area (Å²) in [4.78, 5) is 15.2. The second kappa shape index (κ2) is 8.52. The van der Waals surface area contributed by atoms with E-state index in [4.69, 9.17) is 9.47 Å². The fourth-order valence-corrected chi connectivity index (χ4v) is 3.72. The number of rotatable bonds is 5. The first-order valence-corrected chi connectivity index (χ1v) is 9.99. The van der Waals surface area contributed by atoms with Gasteiger partial charge in [0.25, 0.3) is 5.91 Å². The summed E-state index contributed by atoms with van der Waals surface area (Å²) in [7, 11) is 3.21. The summed E-state index contributed by atoms with van der Waals surface area (Å²) in [5, 5.41) is 11.4. The van der Waals surface area contributed by atoms with Crippen LogP contribution in [0, 0.1) is 5.92 Å². The van der Waals surface area contributed by atoms with E-state index in [1.807, 2.05) is 41.3 Å². The van der Waals surface area contributed by atoms with E-state index in [9.17, 15) is 4.79 Å². The number of hydrogen-bond acceptors (Lipinski definition) is 6. The standard InChI is InChI=1S/C22H25N5O3/c1-15-6-8-26(9-7-15)22(28)18-10-17(11-19(12-18)27-14-23-24-25-27)16-4-5-20(29-2)21(13-16)30-3/h4-5,10-15H,6-9H2,1-3H3. The zero-order chi connectivity index (χ0) is 21.1. The number of hydrogen-bond donors (Lipinski definition) is 0. The monoisotopic (exact) mass is 407 g/mol. The summed E-state index contributed by atoms with van der Waals surface area (Å²) in [6.07, 6.45) is 3.58. The van der Waals surface area contributed by atoms with E-state index in [0.717, 1.165) is 42.7 Å². The number of methoxy groups -OCH3 is 2. The lowest BCUT2D eigenvalue weighted by molar-refractivity contribution is 0.0697. The highest BCUT2D eigenvalue weighted by Crippen LogP contribution is 2.33. The van der Waals surface area contributed by atoms with E-state index in [1.54, 1.807) is 18.9 Å². The summed E-state index contributed by atoms with van der Waals surface area (Å²) < 4.78 is 12.3. The molecular formula is C22H25N5O3. The maximum Gasteiger partial charge on any atom is 0.253 e. The average molecular weight is 407 g/mol. The molecular weight excluding hydrogens is 382 g/mol. The normalized spacial score (nSPS) is 14.6. The van der Waals surface area contributed by atoms with Crippen LogP contribution in [0.2, 0.25) is 0 Å². The molecule has 4 rings (SSSR count). The molecule has 0 unspecified atom stereocenters. The van der Waals surface area contributed by atoms with Gasteiger partial charge < -0.3 is 14.4 Å². The van der Waals surface area contributed by atoms with Gasteiger partial charge in [0, 0.05) is 18.7 Å². The molecule has 8 nitrogen and oxygen atoms in total. The van der Waals surface area contributed by atoms with Crippen molar-refractivity contribution in [3.05, 3.63) is 48.3 Å². The first-order valence-electron chi connectivity index (χ1n) is 9.99. The van der Waals surface area contributed by atoms with Gasteiger partial charge in [0.15, 0.2) is 11.5 Å². The SMILES string of the molecule is COc1ccc(-c2cc(C(=O)N3CCC(C)CC3)cc(-n3cnnn3)c2)cc1OC. The lowest BCUT2D eigenvalue weighted by Gasteiger charge is -2.30. The minimum absolute atomic E-state index is 0.0264. The van der Waals surface area contributed by atoms with E-state index in [1.165, 1.54) is 6.33 Å². The lowest BCUT2D eigenvalue weighted by atomic mass is 9.97. The van der Waals surface area contributed by atoms with Crippen LogP contribution >= 0.6 is 0 Å². The molecule has 1 saturated heterocycles. The van der Waals surface area contributed by atoms with Gasteiger partial charge in [-0.1, -0.05) is 13.0 Å². The van der Waals surface area contributed by atoms with Crippen molar-refractivity contribution in [2.45, 2.75) is 19.8 Å². The fourth-order valence-electron chi connectivity index (χ4n) is 3.72. The zero-order valence-corrected chi connectivity index (χ0v) is 17.4. The molecule has 8 heteroatoms. The van der Waals surface area contributed by atoms with Crippen molar-refractivity contribution in [1.82, 2.24) is 25.1 Å². The van der Waals surface area contributed by atoms with E-state index < -0.39 is 0 Å². The lowest BCUT2D eigenvalue weighted by Crippen LogP contribution is -2.37. The Morgan fingerprint density at radius 3 is 2.43 bits per heavy atom. The number of likely N-dealkylation sites (tertiary alicyclic amines) is 1. The van der Waals surface area contributed by atoms with Crippen molar-refractivity contribution in [3.63, 3.8) is 0 Å². The van der Waals surface area contributed by atoms with Gasteiger partial charge in [-0.25, -0.2) is 4.68 Å². The Morgan fingerprint density at radius 2 is 1.77 bits per heavy atom.